The predicted molar refractivity (Wildman–Crippen MR) is 136 cm³/mol. The highest BCUT2D eigenvalue weighted by atomic mass is 28.4. The summed E-state index contributed by atoms with van der Waals surface area (Å²) in [6, 6.07) is 9.37. The van der Waals surface area contributed by atoms with E-state index in [1.807, 2.05) is 43.4 Å². The zero-order valence-electron chi connectivity index (χ0n) is 22.9. The highest BCUT2D eigenvalue weighted by Gasteiger charge is 2.55. The summed E-state index contributed by atoms with van der Waals surface area (Å²) in [5, 5.41) is 10.9. The molecule has 1 aromatic carbocycles. The normalized spacial score (nSPS) is 25.2. The molecule has 0 aromatic heterocycles. The van der Waals surface area contributed by atoms with Crippen LogP contribution in [-0.4, -0.2) is 74.7 Å². The van der Waals surface area contributed by atoms with Gasteiger partial charge in [-0.2, -0.15) is 0 Å². The van der Waals surface area contributed by atoms with E-state index in [2.05, 4.69) is 20.8 Å². The molecule has 2 rings (SSSR count). The highest BCUT2D eigenvalue weighted by Crippen LogP contribution is 2.41. The summed E-state index contributed by atoms with van der Waals surface area (Å²) in [6.07, 6.45) is -7.06. The Labute approximate surface area is 219 Å². The Hall–Kier alpha value is -2.31. The second-order valence-electron chi connectivity index (χ2n) is 10.6. The second-order valence-corrected chi connectivity index (χ2v) is 15.4. The van der Waals surface area contributed by atoms with Crippen molar-refractivity contribution in [3.63, 3.8) is 0 Å². The molecule has 1 fully saturated rings. The fourth-order valence-electron chi connectivity index (χ4n) is 3.68. The Balaban J connectivity index is 2.51. The van der Waals surface area contributed by atoms with Crippen LogP contribution >= 0.6 is 0 Å². The van der Waals surface area contributed by atoms with Gasteiger partial charge in [-0.15, -0.1) is 0 Å². The van der Waals surface area contributed by atoms with Crippen molar-refractivity contribution in [2.45, 2.75) is 103 Å². The van der Waals surface area contributed by atoms with E-state index in [1.165, 1.54) is 20.8 Å². The molecule has 1 aromatic rings. The van der Waals surface area contributed by atoms with Gasteiger partial charge in [-0.3, -0.25) is 14.4 Å². The van der Waals surface area contributed by atoms with E-state index in [9.17, 15) is 19.5 Å². The number of rotatable bonds is 10. The van der Waals surface area contributed by atoms with Crippen LogP contribution < -0.4 is 0 Å². The van der Waals surface area contributed by atoms with Crippen molar-refractivity contribution in [1.29, 1.82) is 0 Å². The zero-order chi connectivity index (χ0) is 28.0. The summed E-state index contributed by atoms with van der Waals surface area (Å²) in [7, 11) is -2.53. The minimum atomic E-state index is -2.53. The van der Waals surface area contributed by atoms with Crippen molar-refractivity contribution < 1.29 is 47.6 Å². The van der Waals surface area contributed by atoms with Crippen LogP contribution in [0.2, 0.25) is 18.1 Å². The van der Waals surface area contributed by atoms with Crippen molar-refractivity contribution in [3.05, 3.63) is 35.9 Å². The number of carbonyl (C=O) groups is 3. The molecule has 6 atom stereocenters. The number of hydrogen-bond acceptors (Lipinski definition) is 10. The molecule has 10 nitrogen and oxygen atoms in total. The Kier molecular flexibility index (Phi) is 10.8. The van der Waals surface area contributed by atoms with Gasteiger partial charge in [-0.25, -0.2) is 0 Å². The standard InChI is InChI=1S/C26H40O10Si/c1-16(27)31-15-20(33-17(2)28)21-22(34-18(3)29)23(36-37(7,8)26(4,5)6)24(25(30)35-21)32-14-19-12-10-9-11-13-19/h9-13,20-25,30H,14-15H2,1-8H3/t20-,21+,22+,23-,24-,25-/m0/s1. The Morgan fingerprint density at radius 3 is 2.11 bits per heavy atom. The molecule has 37 heavy (non-hydrogen) atoms. The molecule has 1 N–H and O–H groups in total. The van der Waals surface area contributed by atoms with Crippen molar-refractivity contribution in [2.24, 2.45) is 0 Å². The minimum absolute atomic E-state index is 0.140. The second kappa shape index (κ2) is 13.0. The van der Waals surface area contributed by atoms with Gasteiger partial charge < -0.3 is 33.2 Å². The summed E-state index contributed by atoms with van der Waals surface area (Å²) in [5.74, 6) is -1.90. The minimum Gasteiger partial charge on any atom is -0.462 e. The van der Waals surface area contributed by atoms with E-state index in [1.54, 1.807) is 0 Å². The summed E-state index contributed by atoms with van der Waals surface area (Å²) >= 11 is 0. The predicted octanol–water partition coefficient (Wildman–Crippen LogP) is 3.11. The molecule has 0 saturated carbocycles. The lowest BCUT2D eigenvalue weighted by Crippen LogP contribution is -2.66. The maximum atomic E-state index is 12.2. The fraction of sp³-hybridized carbons (Fsp3) is 0.654. The third-order valence-electron chi connectivity index (χ3n) is 6.51. The van der Waals surface area contributed by atoms with Crippen LogP contribution in [0.5, 0.6) is 0 Å². The molecule has 0 spiro atoms. The number of aliphatic hydroxyl groups excluding tert-OH is 1. The van der Waals surface area contributed by atoms with Crippen LogP contribution in [-0.2, 0) is 49.1 Å². The van der Waals surface area contributed by atoms with E-state index >= 15 is 0 Å². The molecule has 0 unspecified atom stereocenters. The van der Waals surface area contributed by atoms with E-state index in [-0.39, 0.29) is 18.3 Å². The fourth-order valence-corrected chi connectivity index (χ4v) is 4.98. The third-order valence-corrected chi connectivity index (χ3v) is 11.0. The van der Waals surface area contributed by atoms with Crippen molar-refractivity contribution >= 4 is 26.2 Å². The van der Waals surface area contributed by atoms with E-state index in [4.69, 9.17) is 28.1 Å². The lowest BCUT2D eigenvalue weighted by atomic mass is 9.94. The maximum Gasteiger partial charge on any atom is 0.303 e. The molecular formula is C26H40O10Si. The average molecular weight is 541 g/mol. The molecule has 1 aliphatic heterocycles. The number of ether oxygens (including phenoxy) is 5. The number of aliphatic hydroxyl groups is 1. The molecule has 11 heteroatoms. The molecule has 0 bridgehead atoms. The van der Waals surface area contributed by atoms with Crippen LogP contribution in [0.15, 0.2) is 30.3 Å². The van der Waals surface area contributed by atoms with Gasteiger partial charge in [-0.05, 0) is 23.7 Å². The van der Waals surface area contributed by atoms with E-state index < -0.39 is 63.0 Å². The first-order chi connectivity index (χ1) is 17.1. The highest BCUT2D eigenvalue weighted by molar-refractivity contribution is 6.74. The van der Waals surface area contributed by atoms with Crippen LogP contribution in [0.4, 0.5) is 0 Å². The van der Waals surface area contributed by atoms with Crippen molar-refractivity contribution in [1.82, 2.24) is 0 Å². The first-order valence-corrected chi connectivity index (χ1v) is 15.2. The van der Waals surface area contributed by atoms with Crippen LogP contribution in [0.3, 0.4) is 0 Å². The van der Waals surface area contributed by atoms with Gasteiger partial charge in [0.15, 0.2) is 26.8 Å². The first-order valence-electron chi connectivity index (χ1n) is 12.3. The van der Waals surface area contributed by atoms with Crippen molar-refractivity contribution in [2.75, 3.05) is 6.61 Å². The molecule has 0 radical (unpaired) electrons. The SMILES string of the molecule is CC(=O)OC[C@H](OC(C)=O)[C@H]1O[C@H](O)[C@@H](OCc2ccccc2)[C@@H](O[Si](C)(C)C(C)(C)C)[C@@H]1OC(C)=O. The van der Waals surface area contributed by atoms with Gasteiger partial charge in [0.05, 0.1) is 6.61 Å². The van der Waals surface area contributed by atoms with Crippen molar-refractivity contribution in [3.8, 4) is 0 Å². The molecule has 1 heterocycles. The van der Waals surface area contributed by atoms with E-state index in [0.717, 1.165) is 5.56 Å². The Bertz CT molecular complexity index is 914. The maximum absolute atomic E-state index is 12.2. The number of carbonyl (C=O) groups excluding carboxylic acids is 3. The lowest BCUT2D eigenvalue weighted by Gasteiger charge is -2.49. The third kappa shape index (κ3) is 8.89. The average Bonchev–Trinajstić information content (AvgIpc) is 2.77. The quantitative estimate of drug-likeness (QED) is 0.269. The molecule has 1 aliphatic rings. The summed E-state index contributed by atoms with van der Waals surface area (Å²) in [5.41, 5.74) is 0.861. The first kappa shape index (κ1) is 30.9. The molecule has 0 amide bonds. The lowest BCUT2D eigenvalue weighted by molar-refractivity contribution is -0.309. The van der Waals surface area contributed by atoms with Crippen LogP contribution in [0.1, 0.15) is 47.1 Å². The molecule has 1 saturated heterocycles. The summed E-state index contributed by atoms with van der Waals surface area (Å²) < 4.78 is 34.8. The molecule has 208 valence electrons. The topological polar surface area (TPSA) is 127 Å². The van der Waals surface area contributed by atoms with Gasteiger partial charge >= 0.3 is 17.9 Å². The largest absolute Gasteiger partial charge is 0.462 e. The molecule has 0 aliphatic carbocycles. The monoisotopic (exact) mass is 540 g/mol. The number of esters is 3. The zero-order valence-corrected chi connectivity index (χ0v) is 23.9. The Morgan fingerprint density at radius 2 is 1.59 bits per heavy atom. The smallest absolute Gasteiger partial charge is 0.303 e. The van der Waals surface area contributed by atoms with Gasteiger partial charge in [0.1, 0.15) is 24.9 Å². The number of benzene rings is 1. The van der Waals surface area contributed by atoms with Gasteiger partial charge in [0, 0.05) is 20.8 Å². The Morgan fingerprint density at radius 1 is 0.973 bits per heavy atom. The van der Waals surface area contributed by atoms with Gasteiger partial charge in [0.2, 0.25) is 0 Å². The van der Waals surface area contributed by atoms with Crippen LogP contribution in [0.25, 0.3) is 0 Å². The number of hydrogen-bond donors (Lipinski definition) is 1. The van der Waals surface area contributed by atoms with Crippen LogP contribution in [0, 0.1) is 0 Å². The molecular weight excluding hydrogens is 500 g/mol. The van der Waals surface area contributed by atoms with Gasteiger partial charge in [-0.1, -0.05) is 51.1 Å². The van der Waals surface area contributed by atoms with E-state index in [0.29, 0.717) is 0 Å². The van der Waals surface area contributed by atoms with Gasteiger partial charge in [0.25, 0.3) is 0 Å². The summed E-state index contributed by atoms with van der Waals surface area (Å²) in [6.45, 7) is 13.6. The summed E-state index contributed by atoms with van der Waals surface area (Å²) in [4.78, 5) is 35.6.